The SMILES string of the molecule is COc1ccc(-c2cc(-c3ccc(Nc4nc(Nc5ccccc5)nc(Nc5ccc(Cl)cc5)n4)cc3)nc(N)c2C#N)cc1. The highest BCUT2D eigenvalue weighted by molar-refractivity contribution is 6.30. The van der Waals surface area contributed by atoms with E-state index in [9.17, 15) is 5.26 Å². The summed E-state index contributed by atoms with van der Waals surface area (Å²) in [6.45, 7) is 0. The fourth-order valence-electron chi connectivity index (χ4n) is 4.54. The predicted octanol–water partition coefficient (Wildman–Crippen LogP) is 7.95. The summed E-state index contributed by atoms with van der Waals surface area (Å²) >= 11 is 6.05. The molecular weight excluding hydrogens is 586 g/mol. The molecule has 0 amide bonds. The lowest BCUT2D eigenvalue weighted by molar-refractivity contribution is 0.415. The summed E-state index contributed by atoms with van der Waals surface area (Å²) in [4.78, 5) is 18.2. The molecule has 6 rings (SSSR count). The zero-order valence-corrected chi connectivity index (χ0v) is 24.7. The molecule has 0 saturated heterocycles. The average molecular weight is 612 g/mol. The molecule has 2 heterocycles. The van der Waals surface area contributed by atoms with Crippen molar-refractivity contribution in [3.05, 3.63) is 120 Å². The minimum Gasteiger partial charge on any atom is -0.497 e. The molecule has 220 valence electrons. The lowest BCUT2D eigenvalue weighted by atomic mass is 9.98. The normalized spacial score (nSPS) is 10.5. The molecule has 4 aromatic carbocycles. The average Bonchev–Trinajstić information content (AvgIpc) is 3.06. The van der Waals surface area contributed by atoms with Gasteiger partial charge in [-0.3, -0.25) is 0 Å². The number of pyridine rings is 1. The van der Waals surface area contributed by atoms with Crippen molar-refractivity contribution in [1.29, 1.82) is 5.26 Å². The van der Waals surface area contributed by atoms with Crippen LogP contribution in [-0.2, 0) is 0 Å². The van der Waals surface area contributed by atoms with E-state index in [1.165, 1.54) is 0 Å². The maximum Gasteiger partial charge on any atom is 0.233 e. The van der Waals surface area contributed by atoms with E-state index < -0.39 is 0 Å². The fraction of sp³-hybridized carbons (Fsp3) is 0.0294. The van der Waals surface area contributed by atoms with Gasteiger partial charge in [0.25, 0.3) is 0 Å². The van der Waals surface area contributed by atoms with Crippen molar-refractivity contribution in [2.75, 3.05) is 28.8 Å². The Labute approximate surface area is 264 Å². The quantitative estimate of drug-likeness (QED) is 0.127. The highest BCUT2D eigenvalue weighted by atomic mass is 35.5. The molecule has 0 saturated carbocycles. The number of rotatable bonds is 9. The number of nitrogen functional groups attached to an aromatic ring is 1. The van der Waals surface area contributed by atoms with Gasteiger partial charge in [0.1, 0.15) is 23.2 Å². The van der Waals surface area contributed by atoms with Gasteiger partial charge >= 0.3 is 0 Å². The first kappa shape index (κ1) is 28.9. The van der Waals surface area contributed by atoms with Gasteiger partial charge in [0.15, 0.2) is 0 Å². The Bertz CT molecular complexity index is 1980. The molecule has 6 aromatic rings. The number of hydrogen-bond donors (Lipinski definition) is 4. The van der Waals surface area contributed by atoms with E-state index in [0.29, 0.717) is 39.7 Å². The monoisotopic (exact) mass is 611 g/mol. The van der Waals surface area contributed by atoms with Crippen molar-refractivity contribution in [3.8, 4) is 34.2 Å². The molecule has 10 nitrogen and oxygen atoms in total. The van der Waals surface area contributed by atoms with Crippen LogP contribution in [0.15, 0.2) is 109 Å². The van der Waals surface area contributed by atoms with E-state index >= 15 is 0 Å². The summed E-state index contributed by atoms with van der Waals surface area (Å²) in [5, 5.41) is 20.1. The molecule has 0 aliphatic rings. The number of nitrogens with two attached hydrogens (primary N) is 1. The molecule has 0 aliphatic heterocycles. The number of nitriles is 1. The highest BCUT2D eigenvalue weighted by Crippen LogP contribution is 2.33. The van der Waals surface area contributed by atoms with Gasteiger partial charge in [-0.15, -0.1) is 0 Å². The molecule has 2 aromatic heterocycles. The third kappa shape index (κ3) is 6.91. The first-order valence-corrected chi connectivity index (χ1v) is 14.2. The summed E-state index contributed by atoms with van der Waals surface area (Å²) in [6, 6.07) is 36.0. The second-order valence-electron chi connectivity index (χ2n) is 9.79. The number of benzene rings is 4. The maximum atomic E-state index is 9.78. The van der Waals surface area contributed by atoms with Crippen molar-refractivity contribution >= 4 is 52.3 Å². The zero-order valence-electron chi connectivity index (χ0n) is 24.0. The first-order chi connectivity index (χ1) is 22.0. The number of anilines is 7. The van der Waals surface area contributed by atoms with Gasteiger partial charge in [0, 0.05) is 33.2 Å². The second-order valence-corrected chi connectivity index (χ2v) is 10.2. The molecule has 0 bridgehead atoms. The molecule has 0 spiro atoms. The smallest absolute Gasteiger partial charge is 0.233 e. The topological polar surface area (TPSA) is 147 Å². The van der Waals surface area contributed by atoms with Crippen LogP contribution in [0, 0.1) is 11.3 Å². The summed E-state index contributed by atoms with van der Waals surface area (Å²) < 4.78 is 5.27. The van der Waals surface area contributed by atoms with E-state index in [1.807, 2.05) is 97.1 Å². The maximum absolute atomic E-state index is 9.78. The van der Waals surface area contributed by atoms with Crippen LogP contribution < -0.4 is 26.4 Å². The molecule has 11 heteroatoms. The number of methoxy groups -OCH3 is 1. The van der Waals surface area contributed by atoms with Gasteiger partial charge in [-0.2, -0.15) is 20.2 Å². The number of aromatic nitrogens is 4. The second kappa shape index (κ2) is 13.0. The van der Waals surface area contributed by atoms with Crippen LogP contribution in [0.5, 0.6) is 5.75 Å². The summed E-state index contributed by atoms with van der Waals surface area (Å²) in [5.74, 6) is 1.91. The number of para-hydroxylation sites is 1. The van der Waals surface area contributed by atoms with E-state index in [4.69, 9.17) is 22.1 Å². The van der Waals surface area contributed by atoms with Crippen LogP contribution in [-0.4, -0.2) is 27.0 Å². The molecule has 5 N–H and O–H groups in total. The standard InChI is InChI=1S/C34H26ClN9O/c1-45-27-17-9-21(10-18-27)28-19-30(41-31(37)29(28)20-36)22-7-13-25(14-8-22)39-33-42-32(38-24-5-3-2-4-6-24)43-34(44-33)40-26-15-11-23(35)12-16-26/h2-19H,1H3,(H2,37,41)(H3,38,39,40,42,43,44). The Morgan fingerprint density at radius 1 is 0.667 bits per heavy atom. The van der Waals surface area contributed by atoms with Crippen LogP contribution in [0.1, 0.15) is 5.56 Å². The Balaban J connectivity index is 1.28. The van der Waals surface area contributed by atoms with Gasteiger partial charge in [-0.25, -0.2) is 4.98 Å². The molecule has 0 atom stereocenters. The molecule has 0 aliphatic carbocycles. The van der Waals surface area contributed by atoms with Gasteiger partial charge in [0.2, 0.25) is 17.8 Å². The van der Waals surface area contributed by atoms with Gasteiger partial charge < -0.3 is 26.4 Å². The van der Waals surface area contributed by atoms with Crippen molar-refractivity contribution in [3.63, 3.8) is 0 Å². The summed E-state index contributed by atoms with van der Waals surface area (Å²) in [6.07, 6.45) is 0. The third-order valence-electron chi connectivity index (χ3n) is 6.76. The van der Waals surface area contributed by atoms with E-state index in [2.05, 4.69) is 42.0 Å². The lowest BCUT2D eigenvalue weighted by Gasteiger charge is -2.13. The van der Waals surface area contributed by atoms with Gasteiger partial charge in [0.05, 0.1) is 12.8 Å². The van der Waals surface area contributed by atoms with Crippen molar-refractivity contribution < 1.29 is 4.74 Å². The number of halogens is 1. The molecular formula is C34H26ClN9O. The molecule has 0 fully saturated rings. The number of nitrogens with zero attached hydrogens (tertiary/aromatic N) is 5. The van der Waals surface area contributed by atoms with E-state index in [-0.39, 0.29) is 5.82 Å². The number of hydrogen-bond acceptors (Lipinski definition) is 10. The van der Waals surface area contributed by atoms with Gasteiger partial charge in [-0.1, -0.05) is 54.1 Å². The Hall–Kier alpha value is -6.18. The lowest BCUT2D eigenvalue weighted by Crippen LogP contribution is -2.07. The molecule has 45 heavy (non-hydrogen) atoms. The number of ether oxygens (including phenoxy) is 1. The summed E-state index contributed by atoms with van der Waals surface area (Å²) in [7, 11) is 1.61. The minimum atomic E-state index is 0.160. The predicted molar refractivity (Wildman–Crippen MR) is 178 cm³/mol. The minimum absolute atomic E-state index is 0.160. The Morgan fingerprint density at radius 3 is 1.71 bits per heavy atom. The van der Waals surface area contributed by atoms with Crippen LogP contribution >= 0.6 is 11.6 Å². The van der Waals surface area contributed by atoms with E-state index in [1.54, 1.807) is 19.2 Å². The number of nitrogens with one attached hydrogen (secondary N) is 3. The highest BCUT2D eigenvalue weighted by Gasteiger charge is 2.14. The molecule has 0 radical (unpaired) electrons. The Kier molecular flexibility index (Phi) is 8.35. The van der Waals surface area contributed by atoms with Crippen molar-refractivity contribution in [2.45, 2.75) is 0 Å². The first-order valence-electron chi connectivity index (χ1n) is 13.8. The largest absolute Gasteiger partial charge is 0.497 e. The van der Waals surface area contributed by atoms with Crippen LogP contribution in [0.2, 0.25) is 5.02 Å². The van der Waals surface area contributed by atoms with Crippen molar-refractivity contribution in [2.24, 2.45) is 0 Å². The molecule has 0 unspecified atom stereocenters. The van der Waals surface area contributed by atoms with E-state index in [0.717, 1.165) is 33.9 Å². The van der Waals surface area contributed by atoms with Crippen LogP contribution in [0.25, 0.3) is 22.4 Å². The Morgan fingerprint density at radius 2 is 1.18 bits per heavy atom. The summed E-state index contributed by atoms with van der Waals surface area (Å²) in [5.41, 5.74) is 11.9. The van der Waals surface area contributed by atoms with Gasteiger partial charge in [-0.05, 0) is 72.3 Å². The third-order valence-corrected chi connectivity index (χ3v) is 7.01. The van der Waals surface area contributed by atoms with Crippen LogP contribution in [0.4, 0.5) is 40.7 Å². The van der Waals surface area contributed by atoms with Crippen LogP contribution in [0.3, 0.4) is 0 Å². The fourth-order valence-corrected chi connectivity index (χ4v) is 4.66. The zero-order chi connectivity index (χ0) is 31.2. The van der Waals surface area contributed by atoms with Crippen molar-refractivity contribution in [1.82, 2.24) is 19.9 Å².